The van der Waals surface area contributed by atoms with Gasteiger partial charge in [-0.25, -0.2) is 0 Å². The molecule has 0 aromatic rings. The Balaban J connectivity index is 3.37. The van der Waals surface area contributed by atoms with Gasteiger partial charge in [-0.1, -0.05) is 6.92 Å². The van der Waals surface area contributed by atoms with Gasteiger partial charge in [0.05, 0.1) is 0 Å². The van der Waals surface area contributed by atoms with Gasteiger partial charge in [0.1, 0.15) is 17.3 Å². The largest absolute Gasteiger partial charge is 0.300 e. The van der Waals surface area contributed by atoms with Crippen LogP contribution in [0.1, 0.15) is 65.2 Å². The van der Waals surface area contributed by atoms with Crippen LogP contribution in [0.3, 0.4) is 0 Å². The fraction of sp³-hybridized carbons (Fsp3) is 0.769. The van der Waals surface area contributed by atoms with E-state index >= 15 is 0 Å². The Morgan fingerprint density at radius 1 is 0.750 bits per heavy atom. The summed E-state index contributed by atoms with van der Waals surface area (Å²) in [5.74, 6) is 0.621. The topological polar surface area (TPSA) is 51.2 Å². The number of carbonyl (C=O) groups excluding carboxylic acids is 3. The molecule has 0 atom stereocenters. The van der Waals surface area contributed by atoms with Crippen LogP contribution in [0.4, 0.5) is 0 Å². The second-order valence-electron chi connectivity index (χ2n) is 4.19. The van der Waals surface area contributed by atoms with Crippen molar-refractivity contribution in [3.05, 3.63) is 0 Å². The standard InChI is InChI=1S/C13H22O3/c1-3-12(15)8-4-5-9-13(16)10-6-7-11(2)14/h3-10H2,1-2H3. The first-order chi connectivity index (χ1) is 7.56. The van der Waals surface area contributed by atoms with E-state index in [4.69, 9.17) is 0 Å². The van der Waals surface area contributed by atoms with E-state index in [9.17, 15) is 14.4 Å². The highest BCUT2D eigenvalue weighted by Crippen LogP contribution is 2.06. The molecular weight excluding hydrogens is 204 g/mol. The fourth-order valence-corrected chi connectivity index (χ4v) is 1.48. The van der Waals surface area contributed by atoms with Crippen LogP contribution in [0, 0.1) is 0 Å². The minimum atomic E-state index is 0.140. The van der Waals surface area contributed by atoms with Crippen molar-refractivity contribution < 1.29 is 14.4 Å². The zero-order valence-electron chi connectivity index (χ0n) is 10.4. The number of carbonyl (C=O) groups is 3. The molecule has 3 heteroatoms. The van der Waals surface area contributed by atoms with E-state index in [0.29, 0.717) is 38.5 Å². The quantitative estimate of drug-likeness (QED) is 0.538. The van der Waals surface area contributed by atoms with Crippen LogP contribution in [0.15, 0.2) is 0 Å². The highest BCUT2D eigenvalue weighted by atomic mass is 16.1. The molecule has 92 valence electrons. The van der Waals surface area contributed by atoms with Gasteiger partial charge in [0.2, 0.25) is 0 Å². The number of unbranched alkanes of at least 4 members (excludes halogenated alkanes) is 1. The summed E-state index contributed by atoms with van der Waals surface area (Å²) in [6, 6.07) is 0. The highest BCUT2D eigenvalue weighted by molar-refractivity contribution is 5.80. The van der Waals surface area contributed by atoms with Crippen LogP contribution in [0.25, 0.3) is 0 Å². The molecule has 0 amide bonds. The van der Waals surface area contributed by atoms with Gasteiger partial charge < -0.3 is 4.79 Å². The van der Waals surface area contributed by atoms with E-state index in [1.807, 2.05) is 6.92 Å². The summed E-state index contributed by atoms with van der Waals surface area (Å²) in [6.07, 6.45) is 5.01. The lowest BCUT2D eigenvalue weighted by molar-refractivity contribution is -0.121. The smallest absolute Gasteiger partial charge is 0.132 e. The number of hydrogen-bond donors (Lipinski definition) is 0. The normalized spacial score (nSPS) is 10.1. The molecule has 0 radical (unpaired) electrons. The summed E-state index contributed by atoms with van der Waals surface area (Å²) in [4.78, 5) is 33.0. The molecule has 0 aromatic carbocycles. The Labute approximate surface area is 97.6 Å². The van der Waals surface area contributed by atoms with Gasteiger partial charge in [-0.2, -0.15) is 0 Å². The Morgan fingerprint density at radius 2 is 1.25 bits per heavy atom. The number of rotatable bonds is 10. The summed E-state index contributed by atoms with van der Waals surface area (Å²) in [5, 5.41) is 0. The third kappa shape index (κ3) is 9.56. The minimum absolute atomic E-state index is 0.140. The van der Waals surface area contributed by atoms with Gasteiger partial charge in [-0.15, -0.1) is 0 Å². The molecule has 0 aromatic heterocycles. The molecule has 0 fully saturated rings. The van der Waals surface area contributed by atoms with E-state index in [0.717, 1.165) is 12.8 Å². The third-order valence-corrected chi connectivity index (χ3v) is 2.54. The maximum absolute atomic E-state index is 11.3. The monoisotopic (exact) mass is 226 g/mol. The average Bonchev–Trinajstić information content (AvgIpc) is 2.23. The molecule has 0 saturated carbocycles. The SMILES string of the molecule is CCC(=O)CCCCC(=O)CCCC(C)=O. The van der Waals surface area contributed by atoms with Crippen LogP contribution < -0.4 is 0 Å². The van der Waals surface area contributed by atoms with Gasteiger partial charge in [-0.3, -0.25) is 9.59 Å². The predicted molar refractivity (Wildman–Crippen MR) is 63.3 cm³/mol. The first-order valence-electron chi connectivity index (χ1n) is 6.09. The fourth-order valence-electron chi connectivity index (χ4n) is 1.48. The average molecular weight is 226 g/mol. The van der Waals surface area contributed by atoms with Gasteiger partial charge in [0.25, 0.3) is 0 Å². The number of Topliss-reactive ketones (excluding diaryl/α,β-unsaturated/α-hetero) is 3. The summed E-state index contributed by atoms with van der Waals surface area (Å²) < 4.78 is 0. The Morgan fingerprint density at radius 3 is 1.75 bits per heavy atom. The second-order valence-corrected chi connectivity index (χ2v) is 4.19. The highest BCUT2D eigenvalue weighted by Gasteiger charge is 2.04. The summed E-state index contributed by atoms with van der Waals surface area (Å²) >= 11 is 0. The zero-order chi connectivity index (χ0) is 12.4. The second kappa shape index (κ2) is 9.25. The van der Waals surface area contributed by atoms with Crippen LogP contribution in [0.5, 0.6) is 0 Å². The van der Waals surface area contributed by atoms with Crippen molar-refractivity contribution >= 4 is 17.3 Å². The lowest BCUT2D eigenvalue weighted by Crippen LogP contribution is -2.01. The summed E-state index contributed by atoms with van der Waals surface area (Å²) in [7, 11) is 0. The Hall–Kier alpha value is -0.990. The van der Waals surface area contributed by atoms with Crippen molar-refractivity contribution in [1.29, 1.82) is 0 Å². The van der Waals surface area contributed by atoms with E-state index in [1.165, 1.54) is 0 Å². The van der Waals surface area contributed by atoms with Crippen molar-refractivity contribution in [2.24, 2.45) is 0 Å². The van der Waals surface area contributed by atoms with Crippen molar-refractivity contribution in [2.75, 3.05) is 0 Å². The van der Waals surface area contributed by atoms with Crippen molar-refractivity contribution in [2.45, 2.75) is 65.2 Å². The van der Waals surface area contributed by atoms with Gasteiger partial charge >= 0.3 is 0 Å². The molecule has 0 aliphatic rings. The van der Waals surface area contributed by atoms with Gasteiger partial charge in [0.15, 0.2) is 0 Å². The van der Waals surface area contributed by atoms with Crippen LogP contribution >= 0.6 is 0 Å². The molecule has 3 nitrogen and oxygen atoms in total. The first-order valence-corrected chi connectivity index (χ1v) is 6.09. The summed E-state index contributed by atoms with van der Waals surface area (Å²) in [6.45, 7) is 3.40. The van der Waals surface area contributed by atoms with Gasteiger partial charge in [0, 0.05) is 32.1 Å². The zero-order valence-corrected chi connectivity index (χ0v) is 10.4. The van der Waals surface area contributed by atoms with Crippen molar-refractivity contribution in [3.63, 3.8) is 0 Å². The van der Waals surface area contributed by atoms with Crippen LogP contribution in [-0.4, -0.2) is 17.3 Å². The van der Waals surface area contributed by atoms with E-state index < -0.39 is 0 Å². The Kier molecular flexibility index (Phi) is 8.68. The predicted octanol–water partition coefficient (Wildman–Crippen LogP) is 2.85. The molecule has 0 aliphatic heterocycles. The van der Waals surface area contributed by atoms with Crippen molar-refractivity contribution in [1.82, 2.24) is 0 Å². The van der Waals surface area contributed by atoms with E-state index in [-0.39, 0.29) is 17.3 Å². The molecule has 0 spiro atoms. The minimum Gasteiger partial charge on any atom is -0.300 e. The molecular formula is C13H22O3. The molecule has 0 aliphatic carbocycles. The molecule has 0 heterocycles. The summed E-state index contributed by atoms with van der Waals surface area (Å²) in [5.41, 5.74) is 0. The van der Waals surface area contributed by atoms with E-state index in [1.54, 1.807) is 6.92 Å². The number of hydrogen-bond acceptors (Lipinski definition) is 3. The first kappa shape index (κ1) is 15.0. The molecule has 0 unspecified atom stereocenters. The molecule has 0 saturated heterocycles. The Bertz CT molecular complexity index is 244. The molecule has 0 rings (SSSR count). The lowest BCUT2D eigenvalue weighted by Gasteiger charge is -2.00. The maximum Gasteiger partial charge on any atom is 0.132 e. The van der Waals surface area contributed by atoms with Crippen LogP contribution in [-0.2, 0) is 14.4 Å². The third-order valence-electron chi connectivity index (χ3n) is 2.54. The lowest BCUT2D eigenvalue weighted by atomic mass is 10.0. The molecule has 0 N–H and O–H groups in total. The maximum atomic E-state index is 11.3. The van der Waals surface area contributed by atoms with Gasteiger partial charge in [-0.05, 0) is 26.2 Å². The molecule has 16 heavy (non-hydrogen) atoms. The van der Waals surface area contributed by atoms with Crippen molar-refractivity contribution in [3.8, 4) is 0 Å². The van der Waals surface area contributed by atoms with Crippen LogP contribution in [0.2, 0.25) is 0 Å². The van der Waals surface area contributed by atoms with E-state index in [2.05, 4.69) is 0 Å². The number of ketones is 3. The molecule has 0 bridgehead atoms.